The lowest BCUT2D eigenvalue weighted by Gasteiger charge is -2.18. The maximum Gasteiger partial charge on any atom is 0.128 e. The molecule has 0 radical (unpaired) electrons. The minimum absolute atomic E-state index is 0.0362. The summed E-state index contributed by atoms with van der Waals surface area (Å²) in [5, 5.41) is 0. The molecule has 0 amide bonds. The number of rotatable bonds is 6. The van der Waals surface area contributed by atoms with Crippen molar-refractivity contribution in [3.05, 3.63) is 23.8 Å². The molecular weight excluding hydrogens is 206 g/mol. The molecule has 1 aromatic rings. The lowest BCUT2D eigenvalue weighted by molar-refractivity contribution is 0.0953. The van der Waals surface area contributed by atoms with Crippen molar-refractivity contribution in [3.8, 4) is 11.5 Å². The van der Waals surface area contributed by atoms with E-state index in [0.29, 0.717) is 6.54 Å². The van der Waals surface area contributed by atoms with Crippen LogP contribution in [0.5, 0.6) is 11.5 Å². The third-order valence-corrected chi connectivity index (χ3v) is 2.50. The maximum absolute atomic E-state index is 5.54. The Morgan fingerprint density at radius 3 is 2.44 bits per heavy atom. The number of hydrogen-bond acceptors (Lipinski definition) is 4. The van der Waals surface area contributed by atoms with Gasteiger partial charge in [-0.3, -0.25) is 0 Å². The van der Waals surface area contributed by atoms with Crippen molar-refractivity contribution in [1.82, 2.24) is 0 Å². The van der Waals surface area contributed by atoms with Gasteiger partial charge in [0.2, 0.25) is 0 Å². The Kier molecular flexibility index (Phi) is 5.08. The number of hydrogen-bond donors (Lipinski definition) is 1. The molecular formula is C12H19NO3. The van der Waals surface area contributed by atoms with Gasteiger partial charge in [0, 0.05) is 18.7 Å². The zero-order valence-electron chi connectivity index (χ0n) is 10.0. The molecule has 0 aliphatic heterocycles. The molecule has 0 saturated carbocycles. The molecule has 1 atom stereocenters. The zero-order valence-corrected chi connectivity index (χ0v) is 10.0. The molecule has 0 aliphatic carbocycles. The maximum atomic E-state index is 5.54. The van der Waals surface area contributed by atoms with E-state index in [-0.39, 0.29) is 6.10 Å². The van der Waals surface area contributed by atoms with Crippen molar-refractivity contribution < 1.29 is 14.2 Å². The smallest absolute Gasteiger partial charge is 0.128 e. The SMILES string of the molecule is COc1ccc(C(CCN)OC)c(OC)c1. The predicted molar refractivity (Wildman–Crippen MR) is 63.0 cm³/mol. The van der Waals surface area contributed by atoms with Crippen LogP contribution in [0.25, 0.3) is 0 Å². The van der Waals surface area contributed by atoms with Crippen molar-refractivity contribution in [2.75, 3.05) is 27.9 Å². The molecule has 90 valence electrons. The second-order valence-electron chi connectivity index (χ2n) is 3.41. The Balaban J connectivity index is 3.01. The molecule has 1 unspecified atom stereocenters. The highest BCUT2D eigenvalue weighted by Crippen LogP contribution is 2.32. The van der Waals surface area contributed by atoms with Crippen LogP contribution in [0.2, 0.25) is 0 Å². The van der Waals surface area contributed by atoms with E-state index in [9.17, 15) is 0 Å². The summed E-state index contributed by atoms with van der Waals surface area (Å²) in [5.41, 5.74) is 6.54. The van der Waals surface area contributed by atoms with E-state index < -0.39 is 0 Å². The molecule has 0 aliphatic rings. The molecule has 0 aromatic heterocycles. The molecule has 16 heavy (non-hydrogen) atoms. The van der Waals surface area contributed by atoms with Gasteiger partial charge in [-0.05, 0) is 25.1 Å². The minimum Gasteiger partial charge on any atom is -0.497 e. The van der Waals surface area contributed by atoms with Crippen LogP contribution in [0.15, 0.2) is 18.2 Å². The number of benzene rings is 1. The lowest BCUT2D eigenvalue weighted by Crippen LogP contribution is -2.10. The van der Waals surface area contributed by atoms with Crippen LogP contribution in [-0.2, 0) is 4.74 Å². The normalized spacial score (nSPS) is 12.2. The van der Waals surface area contributed by atoms with Crippen LogP contribution in [0.1, 0.15) is 18.1 Å². The van der Waals surface area contributed by atoms with E-state index in [1.54, 1.807) is 21.3 Å². The van der Waals surface area contributed by atoms with E-state index in [1.807, 2.05) is 18.2 Å². The van der Waals surface area contributed by atoms with Crippen molar-refractivity contribution in [2.24, 2.45) is 5.73 Å². The fourth-order valence-corrected chi connectivity index (χ4v) is 1.64. The highest BCUT2D eigenvalue weighted by molar-refractivity contribution is 5.42. The first-order chi connectivity index (χ1) is 7.76. The van der Waals surface area contributed by atoms with Crippen LogP contribution in [0.4, 0.5) is 0 Å². The summed E-state index contributed by atoms with van der Waals surface area (Å²) in [6, 6.07) is 5.68. The Morgan fingerprint density at radius 1 is 1.19 bits per heavy atom. The van der Waals surface area contributed by atoms with E-state index in [2.05, 4.69) is 0 Å². The van der Waals surface area contributed by atoms with Crippen molar-refractivity contribution >= 4 is 0 Å². The molecule has 0 fully saturated rings. The Bertz CT molecular complexity index is 328. The molecule has 4 nitrogen and oxygen atoms in total. The van der Waals surface area contributed by atoms with Gasteiger partial charge >= 0.3 is 0 Å². The summed E-state index contributed by atoms with van der Waals surface area (Å²) < 4.78 is 15.8. The summed E-state index contributed by atoms with van der Waals surface area (Å²) in [5.74, 6) is 1.53. The van der Waals surface area contributed by atoms with Crippen molar-refractivity contribution in [3.63, 3.8) is 0 Å². The zero-order chi connectivity index (χ0) is 12.0. The standard InChI is InChI=1S/C12H19NO3/c1-14-9-4-5-10(12(8-9)16-3)11(15-2)6-7-13/h4-5,8,11H,6-7,13H2,1-3H3. The Morgan fingerprint density at radius 2 is 1.94 bits per heavy atom. The monoisotopic (exact) mass is 225 g/mol. The largest absolute Gasteiger partial charge is 0.497 e. The fraction of sp³-hybridized carbons (Fsp3) is 0.500. The average Bonchev–Trinajstić information content (AvgIpc) is 2.35. The minimum atomic E-state index is -0.0362. The first kappa shape index (κ1) is 12.8. The molecule has 2 N–H and O–H groups in total. The first-order valence-electron chi connectivity index (χ1n) is 5.21. The van der Waals surface area contributed by atoms with E-state index in [1.165, 1.54) is 0 Å². The van der Waals surface area contributed by atoms with Crippen LogP contribution >= 0.6 is 0 Å². The number of methoxy groups -OCH3 is 3. The van der Waals surface area contributed by atoms with Gasteiger partial charge < -0.3 is 19.9 Å². The van der Waals surface area contributed by atoms with Crippen molar-refractivity contribution in [1.29, 1.82) is 0 Å². The van der Waals surface area contributed by atoms with Crippen LogP contribution in [-0.4, -0.2) is 27.9 Å². The van der Waals surface area contributed by atoms with Gasteiger partial charge in [0.25, 0.3) is 0 Å². The van der Waals surface area contributed by atoms with Crippen LogP contribution < -0.4 is 15.2 Å². The van der Waals surface area contributed by atoms with Gasteiger partial charge in [-0.2, -0.15) is 0 Å². The summed E-state index contributed by atoms with van der Waals surface area (Å²) in [6.07, 6.45) is 0.727. The average molecular weight is 225 g/mol. The summed E-state index contributed by atoms with van der Waals surface area (Å²) in [6.45, 7) is 0.577. The van der Waals surface area contributed by atoms with Gasteiger partial charge in [0.1, 0.15) is 11.5 Å². The lowest BCUT2D eigenvalue weighted by atomic mass is 10.0. The molecule has 0 heterocycles. The van der Waals surface area contributed by atoms with Crippen molar-refractivity contribution in [2.45, 2.75) is 12.5 Å². The highest BCUT2D eigenvalue weighted by atomic mass is 16.5. The third-order valence-electron chi connectivity index (χ3n) is 2.50. The van der Waals surface area contributed by atoms with Gasteiger partial charge in [-0.25, -0.2) is 0 Å². The van der Waals surface area contributed by atoms with Gasteiger partial charge in [-0.15, -0.1) is 0 Å². The number of nitrogens with two attached hydrogens (primary N) is 1. The molecule has 1 rings (SSSR count). The summed E-state index contributed by atoms with van der Waals surface area (Å²) >= 11 is 0. The highest BCUT2D eigenvalue weighted by Gasteiger charge is 2.15. The predicted octanol–water partition coefficient (Wildman–Crippen LogP) is 1.74. The van der Waals surface area contributed by atoms with E-state index in [4.69, 9.17) is 19.9 Å². The Hall–Kier alpha value is -1.26. The van der Waals surface area contributed by atoms with Gasteiger partial charge in [0.15, 0.2) is 0 Å². The molecule has 0 spiro atoms. The fourth-order valence-electron chi connectivity index (χ4n) is 1.64. The van der Waals surface area contributed by atoms with Crippen LogP contribution in [0, 0.1) is 0 Å². The Labute approximate surface area is 96.3 Å². The summed E-state index contributed by atoms with van der Waals surface area (Å²) in [7, 11) is 4.93. The second kappa shape index (κ2) is 6.35. The quantitative estimate of drug-likeness (QED) is 0.801. The molecule has 0 bridgehead atoms. The van der Waals surface area contributed by atoms with Crippen LogP contribution in [0.3, 0.4) is 0 Å². The molecule has 0 saturated heterocycles. The van der Waals surface area contributed by atoms with E-state index in [0.717, 1.165) is 23.5 Å². The topological polar surface area (TPSA) is 53.7 Å². The third kappa shape index (κ3) is 2.87. The molecule has 1 aromatic carbocycles. The first-order valence-corrected chi connectivity index (χ1v) is 5.21. The number of ether oxygens (including phenoxy) is 3. The van der Waals surface area contributed by atoms with Gasteiger partial charge in [0.05, 0.1) is 20.3 Å². The summed E-state index contributed by atoms with van der Waals surface area (Å²) in [4.78, 5) is 0. The van der Waals surface area contributed by atoms with E-state index >= 15 is 0 Å². The molecule has 4 heteroatoms. The second-order valence-corrected chi connectivity index (χ2v) is 3.41. The van der Waals surface area contributed by atoms with Gasteiger partial charge in [-0.1, -0.05) is 0 Å².